The summed E-state index contributed by atoms with van der Waals surface area (Å²) in [7, 11) is 0. The van der Waals surface area contributed by atoms with E-state index in [9.17, 15) is 4.79 Å². The van der Waals surface area contributed by atoms with Crippen molar-refractivity contribution in [1.29, 1.82) is 0 Å². The molecule has 22 heavy (non-hydrogen) atoms. The topological polar surface area (TPSA) is 42.0 Å². The van der Waals surface area contributed by atoms with Gasteiger partial charge in [-0.3, -0.25) is 9.78 Å². The van der Waals surface area contributed by atoms with Gasteiger partial charge in [-0.1, -0.05) is 64.9 Å². The lowest BCUT2D eigenvalue weighted by Gasteiger charge is -2.31. The van der Waals surface area contributed by atoms with E-state index in [4.69, 9.17) is 0 Å². The van der Waals surface area contributed by atoms with Gasteiger partial charge in [0.15, 0.2) is 0 Å². The van der Waals surface area contributed by atoms with Crippen molar-refractivity contribution in [2.75, 3.05) is 0 Å². The number of carbonyl (C=O) groups excluding carboxylic acids is 1. The smallest absolute Gasteiger partial charge is 0.270 e. The molecule has 1 aromatic rings. The summed E-state index contributed by atoms with van der Waals surface area (Å²) in [5.41, 5.74) is 0.396. The average molecular weight is 304 g/mol. The Morgan fingerprint density at radius 1 is 1.05 bits per heavy atom. The van der Waals surface area contributed by atoms with Gasteiger partial charge in [0.25, 0.3) is 5.91 Å². The lowest BCUT2D eigenvalue weighted by atomic mass is 9.88. The second kappa shape index (κ2) is 10.4. The number of unbranched alkanes of at least 4 members (excludes halogenated alkanes) is 5. The fourth-order valence-electron chi connectivity index (χ4n) is 2.77. The van der Waals surface area contributed by atoms with Crippen molar-refractivity contribution in [3.05, 3.63) is 30.1 Å². The predicted octanol–water partition coefficient (Wildman–Crippen LogP) is 5.12. The highest BCUT2D eigenvalue weighted by atomic mass is 16.2. The van der Waals surface area contributed by atoms with Crippen LogP contribution in [0.3, 0.4) is 0 Å². The van der Waals surface area contributed by atoms with Crippen LogP contribution < -0.4 is 5.32 Å². The molecule has 0 radical (unpaired) electrons. The Bertz CT molecular complexity index is 419. The molecule has 1 N–H and O–H groups in total. The van der Waals surface area contributed by atoms with Crippen LogP contribution in [0.4, 0.5) is 0 Å². The summed E-state index contributed by atoms with van der Waals surface area (Å²) in [6.45, 7) is 6.62. The molecular weight excluding hydrogens is 272 g/mol. The molecule has 0 saturated carbocycles. The number of pyridine rings is 1. The van der Waals surface area contributed by atoms with Crippen molar-refractivity contribution in [3.8, 4) is 0 Å². The summed E-state index contributed by atoms with van der Waals surface area (Å²) in [6.07, 6.45) is 12.4. The first kappa shape index (κ1) is 18.7. The average Bonchev–Trinajstić information content (AvgIpc) is 2.53. The van der Waals surface area contributed by atoms with Crippen molar-refractivity contribution in [1.82, 2.24) is 10.3 Å². The van der Waals surface area contributed by atoms with Crippen LogP contribution in [0, 0.1) is 0 Å². The molecule has 1 heterocycles. The lowest BCUT2D eigenvalue weighted by molar-refractivity contribution is 0.0887. The number of aromatic nitrogens is 1. The molecule has 3 heteroatoms. The molecule has 1 rings (SSSR count). The van der Waals surface area contributed by atoms with E-state index < -0.39 is 0 Å². The number of hydrogen-bond donors (Lipinski definition) is 1. The summed E-state index contributed by atoms with van der Waals surface area (Å²) >= 11 is 0. The minimum atomic E-state index is -0.114. The monoisotopic (exact) mass is 304 g/mol. The van der Waals surface area contributed by atoms with Gasteiger partial charge in [-0.2, -0.15) is 0 Å². The van der Waals surface area contributed by atoms with Gasteiger partial charge in [0, 0.05) is 11.7 Å². The summed E-state index contributed by atoms with van der Waals surface area (Å²) in [5.74, 6) is -0.0484. The van der Waals surface area contributed by atoms with Crippen LogP contribution in [0.15, 0.2) is 24.4 Å². The third-order valence-electron chi connectivity index (χ3n) is 4.23. The molecule has 0 aromatic carbocycles. The van der Waals surface area contributed by atoms with Crippen molar-refractivity contribution in [3.63, 3.8) is 0 Å². The highest BCUT2D eigenvalue weighted by molar-refractivity contribution is 5.92. The van der Waals surface area contributed by atoms with E-state index in [1.807, 2.05) is 12.1 Å². The first-order chi connectivity index (χ1) is 10.6. The van der Waals surface area contributed by atoms with Gasteiger partial charge in [-0.05, 0) is 31.9 Å². The molecule has 0 bridgehead atoms. The molecular formula is C19H32N2O. The summed E-state index contributed by atoms with van der Waals surface area (Å²) in [6, 6.07) is 5.47. The number of carbonyl (C=O) groups is 1. The van der Waals surface area contributed by atoms with Gasteiger partial charge in [-0.25, -0.2) is 0 Å². The fourth-order valence-corrected chi connectivity index (χ4v) is 2.77. The van der Waals surface area contributed by atoms with Crippen molar-refractivity contribution >= 4 is 5.91 Å². The highest BCUT2D eigenvalue weighted by Crippen LogP contribution is 2.22. The minimum absolute atomic E-state index is 0.0484. The number of amides is 1. The first-order valence-electron chi connectivity index (χ1n) is 8.85. The van der Waals surface area contributed by atoms with Crippen LogP contribution in [-0.4, -0.2) is 16.4 Å². The molecule has 0 aliphatic rings. The zero-order valence-electron chi connectivity index (χ0n) is 14.5. The Balaban J connectivity index is 2.56. The van der Waals surface area contributed by atoms with Gasteiger partial charge < -0.3 is 5.32 Å². The Labute approximate surface area is 135 Å². The maximum absolute atomic E-state index is 12.4. The molecule has 0 aliphatic carbocycles. The molecule has 0 aliphatic heterocycles. The Hall–Kier alpha value is -1.38. The quantitative estimate of drug-likeness (QED) is 0.576. The number of nitrogens with one attached hydrogen (secondary N) is 1. The summed E-state index contributed by atoms with van der Waals surface area (Å²) in [5, 5.41) is 3.23. The summed E-state index contributed by atoms with van der Waals surface area (Å²) in [4.78, 5) is 16.5. The van der Waals surface area contributed by atoms with E-state index in [0.717, 1.165) is 25.7 Å². The van der Waals surface area contributed by atoms with Gasteiger partial charge >= 0.3 is 0 Å². The van der Waals surface area contributed by atoms with E-state index in [2.05, 4.69) is 31.1 Å². The van der Waals surface area contributed by atoms with Gasteiger partial charge in [0.2, 0.25) is 0 Å². The Morgan fingerprint density at radius 3 is 2.36 bits per heavy atom. The Morgan fingerprint density at radius 2 is 1.73 bits per heavy atom. The van der Waals surface area contributed by atoms with Crippen molar-refractivity contribution < 1.29 is 4.79 Å². The van der Waals surface area contributed by atoms with Gasteiger partial charge in [-0.15, -0.1) is 0 Å². The first-order valence-corrected chi connectivity index (χ1v) is 8.85. The fraction of sp³-hybridized carbons (Fsp3) is 0.684. The maximum atomic E-state index is 12.4. The van der Waals surface area contributed by atoms with Gasteiger partial charge in [0.05, 0.1) is 0 Å². The molecule has 1 amide bonds. The SMILES string of the molecule is CCCCCCCC(C)(CCCC)NC(=O)c1ccccn1. The van der Waals surface area contributed by atoms with Crippen LogP contribution in [0.1, 0.15) is 89.0 Å². The minimum Gasteiger partial charge on any atom is -0.346 e. The number of rotatable bonds is 11. The molecule has 3 nitrogen and oxygen atoms in total. The predicted molar refractivity (Wildman–Crippen MR) is 93.0 cm³/mol. The van der Waals surface area contributed by atoms with Crippen LogP contribution in [0.5, 0.6) is 0 Å². The molecule has 1 unspecified atom stereocenters. The summed E-state index contributed by atoms with van der Waals surface area (Å²) < 4.78 is 0. The molecule has 1 aromatic heterocycles. The molecule has 124 valence electrons. The van der Waals surface area contributed by atoms with E-state index in [1.54, 1.807) is 12.3 Å². The second-order valence-electron chi connectivity index (χ2n) is 6.50. The molecule has 0 saturated heterocycles. The highest BCUT2D eigenvalue weighted by Gasteiger charge is 2.26. The van der Waals surface area contributed by atoms with Crippen molar-refractivity contribution in [2.24, 2.45) is 0 Å². The van der Waals surface area contributed by atoms with E-state index >= 15 is 0 Å². The lowest BCUT2D eigenvalue weighted by Crippen LogP contribution is -2.46. The molecule has 0 spiro atoms. The molecule has 0 fully saturated rings. The maximum Gasteiger partial charge on any atom is 0.270 e. The second-order valence-corrected chi connectivity index (χ2v) is 6.50. The van der Waals surface area contributed by atoms with Crippen LogP contribution in [0.25, 0.3) is 0 Å². The van der Waals surface area contributed by atoms with E-state index in [1.165, 1.54) is 32.1 Å². The van der Waals surface area contributed by atoms with Crippen LogP contribution in [-0.2, 0) is 0 Å². The number of nitrogens with zero attached hydrogens (tertiary/aromatic N) is 1. The van der Waals surface area contributed by atoms with E-state index in [-0.39, 0.29) is 11.4 Å². The largest absolute Gasteiger partial charge is 0.346 e. The zero-order valence-corrected chi connectivity index (χ0v) is 14.5. The third kappa shape index (κ3) is 7.06. The van der Waals surface area contributed by atoms with E-state index in [0.29, 0.717) is 5.69 Å². The van der Waals surface area contributed by atoms with Gasteiger partial charge in [0.1, 0.15) is 5.69 Å². The molecule has 1 atom stereocenters. The number of hydrogen-bond acceptors (Lipinski definition) is 2. The zero-order chi connectivity index (χ0) is 16.3. The van der Waals surface area contributed by atoms with Crippen molar-refractivity contribution in [2.45, 2.75) is 84.1 Å². The van der Waals surface area contributed by atoms with Crippen LogP contribution in [0.2, 0.25) is 0 Å². The Kier molecular flexibility index (Phi) is 8.79. The third-order valence-corrected chi connectivity index (χ3v) is 4.23. The standard InChI is InChI=1S/C19H32N2O/c1-4-6-8-9-11-15-19(3,14-7-5-2)21-18(22)17-13-10-12-16-20-17/h10,12-13,16H,4-9,11,14-15H2,1-3H3,(H,21,22). The normalized spacial score (nSPS) is 13.6. The van der Waals surface area contributed by atoms with Crippen LogP contribution >= 0.6 is 0 Å².